The average molecular weight is 479 g/mol. The SMILES string of the molecule is O=C(NO)c1cc(Oc2ccc(C(F)(F)F)cc2)cc(Cl)c1S(=O)(=O)N1CCCCC1. The number of rotatable bonds is 5. The number of ether oxygens (including phenoxy) is 1. The van der Waals surface area contributed by atoms with Crippen LogP contribution in [-0.2, 0) is 16.2 Å². The van der Waals surface area contributed by atoms with E-state index < -0.39 is 38.1 Å². The Labute approximate surface area is 181 Å². The minimum absolute atomic E-state index is 0.00561. The molecule has 1 saturated heterocycles. The molecule has 0 bridgehead atoms. The fourth-order valence-corrected chi connectivity index (χ4v) is 5.43. The van der Waals surface area contributed by atoms with Gasteiger partial charge in [-0.15, -0.1) is 0 Å². The Kier molecular flexibility index (Phi) is 6.79. The Hall–Kier alpha value is -2.34. The number of sulfonamides is 1. The van der Waals surface area contributed by atoms with Gasteiger partial charge in [-0.1, -0.05) is 18.0 Å². The maximum atomic E-state index is 13.1. The number of hydroxylamine groups is 1. The molecule has 0 unspecified atom stereocenters. The van der Waals surface area contributed by atoms with E-state index in [1.165, 1.54) is 9.79 Å². The van der Waals surface area contributed by atoms with Crippen molar-refractivity contribution in [2.24, 2.45) is 0 Å². The molecule has 0 saturated carbocycles. The molecule has 1 amide bonds. The van der Waals surface area contributed by atoms with Crippen molar-refractivity contribution in [1.82, 2.24) is 9.79 Å². The first-order valence-corrected chi connectivity index (χ1v) is 11.0. The van der Waals surface area contributed by atoms with Gasteiger partial charge in [0.25, 0.3) is 5.91 Å². The number of alkyl halides is 3. The zero-order chi connectivity index (χ0) is 22.8. The molecule has 3 rings (SSSR count). The van der Waals surface area contributed by atoms with Crippen LogP contribution in [0.3, 0.4) is 0 Å². The number of hydrogen-bond acceptors (Lipinski definition) is 5. The fourth-order valence-electron chi connectivity index (χ4n) is 3.20. The number of amides is 1. The number of carbonyl (C=O) groups is 1. The third kappa shape index (κ3) is 5.12. The number of nitrogens with zero attached hydrogens (tertiary/aromatic N) is 1. The van der Waals surface area contributed by atoms with Crippen LogP contribution in [0.2, 0.25) is 5.02 Å². The van der Waals surface area contributed by atoms with Crippen molar-refractivity contribution in [3.05, 3.63) is 52.5 Å². The van der Waals surface area contributed by atoms with Crippen molar-refractivity contribution in [3.63, 3.8) is 0 Å². The van der Waals surface area contributed by atoms with Crippen molar-refractivity contribution >= 4 is 27.5 Å². The van der Waals surface area contributed by atoms with Crippen molar-refractivity contribution in [2.45, 2.75) is 30.3 Å². The Morgan fingerprint density at radius 2 is 1.68 bits per heavy atom. The van der Waals surface area contributed by atoms with Gasteiger partial charge in [0.1, 0.15) is 16.4 Å². The number of carbonyl (C=O) groups excluding carboxylic acids is 1. The summed E-state index contributed by atoms with van der Waals surface area (Å²) < 4.78 is 70.9. The first-order valence-electron chi connectivity index (χ1n) is 9.17. The highest BCUT2D eigenvalue weighted by atomic mass is 35.5. The lowest BCUT2D eigenvalue weighted by atomic mass is 10.2. The van der Waals surface area contributed by atoms with Gasteiger partial charge in [-0.2, -0.15) is 17.5 Å². The quantitative estimate of drug-likeness (QED) is 0.489. The Morgan fingerprint density at radius 1 is 1.06 bits per heavy atom. The lowest BCUT2D eigenvalue weighted by Gasteiger charge is -2.27. The Morgan fingerprint density at radius 3 is 2.23 bits per heavy atom. The fraction of sp³-hybridized carbons (Fsp3) is 0.316. The Bertz CT molecular complexity index is 1070. The molecule has 2 aromatic carbocycles. The topological polar surface area (TPSA) is 95.9 Å². The molecule has 0 aromatic heterocycles. The number of nitrogens with one attached hydrogen (secondary N) is 1. The second kappa shape index (κ2) is 9.03. The third-order valence-corrected chi connectivity index (χ3v) is 7.10. The molecule has 1 fully saturated rings. The van der Waals surface area contributed by atoms with Crippen molar-refractivity contribution in [1.29, 1.82) is 0 Å². The van der Waals surface area contributed by atoms with Gasteiger partial charge in [0.2, 0.25) is 10.0 Å². The second-order valence-corrected chi connectivity index (χ2v) is 9.09. The van der Waals surface area contributed by atoms with Crippen LogP contribution in [0.4, 0.5) is 13.2 Å². The van der Waals surface area contributed by atoms with Gasteiger partial charge in [0.15, 0.2) is 0 Å². The highest BCUT2D eigenvalue weighted by Crippen LogP contribution is 2.36. The molecular formula is C19H18ClF3N2O5S. The normalized spacial score (nSPS) is 15.5. The molecule has 1 heterocycles. The van der Waals surface area contributed by atoms with Crippen LogP contribution >= 0.6 is 11.6 Å². The van der Waals surface area contributed by atoms with Crippen LogP contribution in [0.5, 0.6) is 11.5 Å². The van der Waals surface area contributed by atoms with E-state index in [4.69, 9.17) is 21.5 Å². The second-order valence-electron chi connectivity index (χ2n) is 6.81. The van der Waals surface area contributed by atoms with Crippen molar-refractivity contribution in [3.8, 4) is 11.5 Å². The molecule has 12 heteroatoms. The van der Waals surface area contributed by atoms with Crippen LogP contribution in [0.1, 0.15) is 35.2 Å². The molecule has 1 aliphatic rings. The van der Waals surface area contributed by atoms with Gasteiger partial charge in [-0.3, -0.25) is 10.0 Å². The maximum absolute atomic E-state index is 13.1. The zero-order valence-corrected chi connectivity index (χ0v) is 17.5. The summed E-state index contributed by atoms with van der Waals surface area (Å²) in [5.41, 5.74) is 0.0481. The van der Waals surface area contributed by atoms with Gasteiger partial charge in [0.05, 0.1) is 16.1 Å². The van der Waals surface area contributed by atoms with Crippen molar-refractivity contribution < 1.29 is 36.3 Å². The van der Waals surface area contributed by atoms with Crippen LogP contribution in [-0.4, -0.2) is 36.9 Å². The predicted octanol–water partition coefficient (Wildman–Crippen LogP) is 4.44. The molecular weight excluding hydrogens is 461 g/mol. The highest BCUT2D eigenvalue weighted by Gasteiger charge is 2.33. The van der Waals surface area contributed by atoms with Gasteiger partial charge in [0, 0.05) is 19.2 Å². The van der Waals surface area contributed by atoms with E-state index in [1.54, 1.807) is 0 Å². The summed E-state index contributed by atoms with van der Waals surface area (Å²) >= 11 is 6.19. The lowest BCUT2D eigenvalue weighted by Crippen LogP contribution is -2.37. The summed E-state index contributed by atoms with van der Waals surface area (Å²) in [7, 11) is -4.14. The number of halogens is 4. The lowest BCUT2D eigenvalue weighted by molar-refractivity contribution is -0.137. The average Bonchev–Trinajstić information content (AvgIpc) is 2.73. The molecule has 0 atom stereocenters. The van der Waals surface area contributed by atoms with E-state index in [1.807, 2.05) is 0 Å². The van der Waals surface area contributed by atoms with E-state index in [0.29, 0.717) is 12.8 Å². The molecule has 0 spiro atoms. The summed E-state index contributed by atoms with van der Waals surface area (Å²) in [5, 5.41) is 8.74. The highest BCUT2D eigenvalue weighted by molar-refractivity contribution is 7.89. The largest absolute Gasteiger partial charge is 0.457 e. The summed E-state index contributed by atoms with van der Waals surface area (Å²) in [6.45, 7) is 0.533. The van der Waals surface area contributed by atoms with Crippen LogP contribution in [0, 0.1) is 0 Å². The predicted molar refractivity (Wildman–Crippen MR) is 105 cm³/mol. The third-order valence-electron chi connectivity index (χ3n) is 4.69. The monoisotopic (exact) mass is 478 g/mol. The Balaban J connectivity index is 1.99. The van der Waals surface area contributed by atoms with Gasteiger partial charge in [-0.25, -0.2) is 13.9 Å². The first kappa shape index (κ1) is 23.3. The number of benzene rings is 2. The zero-order valence-electron chi connectivity index (χ0n) is 15.9. The number of piperidine rings is 1. The van der Waals surface area contributed by atoms with E-state index in [9.17, 15) is 26.4 Å². The molecule has 2 N–H and O–H groups in total. The molecule has 31 heavy (non-hydrogen) atoms. The molecule has 0 aliphatic carbocycles. The summed E-state index contributed by atoms with van der Waals surface area (Å²) in [4.78, 5) is 11.7. The molecule has 7 nitrogen and oxygen atoms in total. The van der Waals surface area contributed by atoms with Gasteiger partial charge < -0.3 is 4.74 Å². The summed E-state index contributed by atoms with van der Waals surface area (Å²) in [5.74, 6) is -1.22. The smallest absolute Gasteiger partial charge is 0.416 e. The molecule has 168 valence electrons. The van der Waals surface area contributed by atoms with Crippen LogP contribution in [0.15, 0.2) is 41.3 Å². The van der Waals surface area contributed by atoms with E-state index >= 15 is 0 Å². The van der Waals surface area contributed by atoms with Gasteiger partial charge >= 0.3 is 6.18 Å². The van der Waals surface area contributed by atoms with Gasteiger partial charge in [-0.05, 0) is 43.2 Å². The maximum Gasteiger partial charge on any atom is 0.416 e. The van der Waals surface area contributed by atoms with Crippen LogP contribution in [0.25, 0.3) is 0 Å². The van der Waals surface area contributed by atoms with Crippen LogP contribution < -0.4 is 10.2 Å². The minimum atomic E-state index is -4.52. The van der Waals surface area contributed by atoms with E-state index in [2.05, 4.69) is 0 Å². The molecule has 2 aromatic rings. The standard InChI is InChI=1S/C19H18ClF3N2O5S/c20-16-11-14(30-13-6-4-12(5-7-13)19(21,22)23)10-15(18(26)24-27)17(16)31(28,29)25-8-2-1-3-9-25/h4-7,10-11,27H,1-3,8-9H2,(H,24,26). The number of hydrogen-bond donors (Lipinski definition) is 2. The van der Waals surface area contributed by atoms with E-state index in [0.717, 1.165) is 42.8 Å². The van der Waals surface area contributed by atoms with Crippen molar-refractivity contribution in [2.75, 3.05) is 13.1 Å². The molecule has 1 aliphatic heterocycles. The molecule has 0 radical (unpaired) electrons. The minimum Gasteiger partial charge on any atom is -0.457 e. The summed E-state index contributed by atoms with van der Waals surface area (Å²) in [6.07, 6.45) is -2.32. The first-order chi connectivity index (χ1) is 14.5. The summed E-state index contributed by atoms with van der Waals surface area (Å²) in [6, 6.07) is 5.96. The van der Waals surface area contributed by atoms with E-state index in [-0.39, 0.29) is 29.6 Å².